The van der Waals surface area contributed by atoms with Gasteiger partial charge in [0.1, 0.15) is 11.0 Å². The number of anilines is 2. The zero-order chi connectivity index (χ0) is 24.8. The summed E-state index contributed by atoms with van der Waals surface area (Å²) in [5.74, 6) is -1.27. The van der Waals surface area contributed by atoms with Gasteiger partial charge in [-0.05, 0) is 50.4 Å². The van der Waals surface area contributed by atoms with Crippen LogP contribution >= 0.6 is 0 Å². The third-order valence-electron chi connectivity index (χ3n) is 8.96. The van der Waals surface area contributed by atoms with Gasteiger partial charge in [0.25, 0.3) is 5.91 Å². The molecule has 4 aliphatic heterocycles. The Morgan fingerprint density at radius 1 is 0.889 bits per heavy atom. The van der Waals surface area contributed by atoms with Gasteiger partial charge in [0, 0.05) is 28.5 Å². The first-order valence-electron chi connectivity index (χ1n) is 12.6. The van der Waals surface area contributed by atoms with E-state index >= 15 is 0 Å². The summed E-state index contributed by atoms with van der Waals surface area (Å²) in [6.45, 7) is 4.61. The van der Waals surface area contributed by atoms with Gasteiger partial charge >= 0.3 is 0 Å². The SMILES string of the molecule is Cc1ccc(C(=O)[C@H]2[C@H]3CCCN3[C@@]3(C(=O)Nc4c(C)cccc43)[C@]23C(=O)Nc2ccccc23)cc1. The van der Waals surface area contributed by atoms with Crippen molar-refractivity contribution in [1.29, 1.82) is 0 Å². The normalized spacial score (nSPS) is 29.8. The van der Waals surface area contributed by atoms with E-state index < -0.39 is 16.9 Å². The quantitative estimate of drug-likeness (QED) is 0.539. The lowest BCUT2D eigenvalue weighted by atomic mass is 9.57. The molecule has 2 saturated heterocycles. The van der Waals surface area contributed by atoms with E-state index in [9.17, 15) is 14.4 Å². The molecule has 4 aliphatic rings. The topological polar surface area (TPSA) is 78.5 Å². The van der Waals surface area contributed by atoms with Crippen molar-refractivity contribution in [1.82, 2.24) is 4.90 Å². The lowest BCUT2D eigenvalue weighted by Gasteiger charge is -2.43. The van der Waals surface area contributed by atoms with Crippen molar-refractivity contribution in [3.8, 4) is 0 Å². The highest BCUT2D eigenvalue weighted by Crippen LogP contribution is 2.68. The summed E-state index contributed by atoms with van der Waals surface area (Å²) in [7, 11) is 0. The van der Waals surface area contributed by atoms with Crippen LogP contribution in [0.5, 0.6) is 0 Å². The minimum atomic E-state index is -1.39. The third kappa shape index (κ3) is 2.29. The number of benzene rings is 3. The minimum Gasteiger partial charge on any atom is -0.325 e. The molecule has 2 amide bonds. The Kier molecular flexibility index (Phi) is 4.26. The predicted molar refractivity (Wildman–Crippen MR) is 137 cm³/mol. The molecule has 6 heteroatoms. The highest BCUT2D eigenvalue weighted by atomic mass is 16.2. The van der Waals surface area contributed by atoms with Crippen LogP contribution in [0.4, 0.5) is 11.4 Å². The second-order valence-electron chi connectivity index (χ2n) is 10.6. The molecule has 36 heavy (non-hydrogen) atoms. The molecule has 0 aromatic heterocycles. The standard InChI is InChI=1S/C30H27N3O3/c1-17-12-14-19(15-13-17)26(34)24-23-11-6-16-33(23)30(21-9-5-7-18(2)25(21)32-28(30)36)29(24)20-8-3-4-10-22(20)31-27(29)35/h3-5,7-10,12-15,23-24H,6,11,16H2,1-2H3,(H,31,35)(H,32,36)/t23-,24-,29+,30+/m1/s1. The van der Waals surface area contributed by atoms with Gasteiger partial charge in [0.05, 0.1) is 5.92 Å². The van der Waals surface area contributed by atoms with Gasteiger partial charge < -0.3 is 10.6 Å². The van der Waals surface area contributed by atoms with E-state index in [0.717, 1.165) is 40.8 Å². The number of fused-ring (bicyclic) bond motifs is 7. The number of carbonyl (C=O) groups excluding carboxylic acids is 3. The van der Waals surface area contributed by atoms with Crippen LogP contribution in [0.25, 0.3) is 0 Å². The van der Waals surface area contributed by atoms with E-state index in [0.29, 0.717) is 17.8 Å². The van der Waals surface area contributed by atoms with Crippen LogP contribution in [-0.4, -0.2) is 35.1 Å². The van der Waals surface area contributed by atoms with Crippen molar-refractivity contribution >= 4 is 29.0 Å². The maximum Gasteiger partial charge on any atom is 0.251 e. The molecule has 7 rings (SSSR count). The Hall–Kier alpha value is -3.77. The molecule has 180 valence electrons. The van der Waals surface area contributed by atoms with Crippen LogP contribution in [0.15, 0.2) is 66.7 Å². The van der Waals surface area contributed by atoms with E-state index in [1.54, 1.807) is 0 Å². The predicted octanol–water partition coefficient (Wildman–Crippen LogP) is 4.32. The Balaban J connectivity index is 1.59. The molecule has 3 aromatic carbocycles. The molecule has 4 atom stereocenters. The number of nitrogens with one attached hydrogen (secondary N) is 2. The summed E-state index contributed by atoms with van der Waals surface area (Å²) in [6, 6.07) is 20.8. The molecule has 2 N–H and O–H groups in total. The first-order valence-corrected chi connectivity index (χ1v) is 12.6. The number of hydrogen-bond donors (Lipinski definition) is 2. The fourth-order valence-electron chi connectivity index (χ4n) is 7.65. The summed E-state index contributed by atoms with van der Waals surface area (Å²) in [5, 5.41) is 6.23. The number of amides is 2. The van der Waals surface area contributed by atoms with E-state index in [4.69, 9.17) is 0 Å². The number of ketones is 1. The molecule has 0 aliphatic carbocycles. The zero-order valence-electron chi connectivity index (χ0n) is 20.3. The van der Waals surface area contributed by atoms with Crippen LogP contribution in [0.2, 0.25) is 0 Å². The van der Waals surface area contributed by atoms with Crippen molar-refractivity contribution in [2.45, 2.75) is 43.7 Å². The molecular formula is C30H27N3O3. The Morgan fingerprint density at radius 2 is 1.64 bits per heavy atom. The number of rotatable bonds is 2. The van der Waals surface area contributed by atoms with Gasteiger partial charge in [-0.25, -0.2) is 0 Å². The summed E-state index contributed by atoms with van der Waals surface area (Å²) >= 11 is 0. The first kappa shape index (κ1) is 21.5. The highest BCUT2D eigenvalue weighted by Gasteiger charge is 2.81. The molecular weight excluding hydrogens is 450 g/mol. The Morgan fingerprint density at radius 3 is 2.44 bits per heavy atom. The Labute approximate surface area is 209 Å². The van der Waals surface area contributed by atoms with Crippen LogP contribution < -0.4 is 10.6 Å². The monoisotopic (exact) mass is 477 g/mol. The van der Waals surface area contributed by atoms with Crippen LogP contribution in [-0.2, 0) is 20.5 Å². The molecule has 3 aromatic rings. The van der Waals surface area contributed by atoms with Gasteiger partial charge in [-0.15, -0.1) is 0 Å². The smallest absolute Gasteiger partial charge is 0.251 e. The lowest BCUT2D eigenvalue weighted by molar-refractivity contribution is -0.137. The number of hydrogen-bond acceptors (Lipinski definition) is 4. The van der Waals surface area contributed by atoms with E-state index in [1.807, 2.05) is 80.6 Å². The second-order valence-corrected chi connectivity index (χ2v) is 10.6. The average molecular weight is 478 g/mol. The van der Waals surface area contributed by atoms with E-state index in [1.165, 1.54) is 0 Å². The van der Waals surface area contributed by atoms with Crippen LogP contribution in [0.1, 0.15) is 45.5 Å². The summed E-state index contributed by atoms with van der Waals surface area (Å²) in [4.78, 5) is 45.5. The number of carbonyl (C=O) groups is 3. The molecule has 4 heterocycles. The molecule has 0 saturated carbocycles. The van der Waals surface area contributed by atoms with Crippen LogP contribution in [0, 0.1) is 19.8 Å². The van der Waals surface area contributed by atoms with Gasteiger partial charge in [-0.1, -0.05) is 66.2 Å². The van der Waals surface area contributed by atoms with Crippen molar-refractivity contribution in [3.63, 3.8) is 0 Å². The van der Waals surface area contributed by atoms with Gasteiger partial charge in [-0.2, -0.15) is 0 Å². The van der Waals surface area contributed by atoms with Crippen LogP contribution in [0.3, 0.4) is 0 Å². The summed E-state index contributed by atoms with van der Waals surface area (Å²) < 4.78 is 0. The fraction of sp³-hybridized carbons (Fsp3) is 0.300. The van der Waals surface area contributed by atoms with Crippen molar-refractivity contribution in [2.24, 2.45) is 5.92 Å². The Bertz CT molecular complexity index is 1480. The largest absolute Gasteiger partial charge is 0.325 e. The van der Waals surface area contributed by atoms with Gasteiger partial charge in [-0.3, -0.25) is 19.3 Å². The maximum absolute atomic E-state index is 14.5. The number of nitrogens with zero attached hydrogens (tertiary/aromatic N) is 1. The molecule has 2 fully saturated rings. The first-order chi connectivity index (χ1) is 17.4. The fourth-order valence-corrected chi connectivity index (χ4v) is 7.65. The maximum atomic E-state index is 14.5. The van der Waals surface area contributed by atoms with Crippen molar-refractivity contribution < 1.29 is 14.4 Å². The summed E-state index contributed by atoms with van der Waals surface area (Å²) in [5.41, 5.74) is 2.86. The van der Waals surface area contributed by atoms with Gasteiger partial charge in [0.15, 0.2) is 5.78 Å². The van der Waals surface area contributed by atoms with Gasteiger partial charge in [0.2, 0.25) is 5.91 Å². The zero-order valence-corrected chi connectivity index (χ0v) is 20.3. The number of aryl methyl sites for hydroxylation is 2. The highest BCUT2D eigenvalue weighted by molar-refractivity contribution is 6.21. The number of para-hydroxylation sites is 2. The van der Waals surface area contributed by atoms with Crippen molar-refractivity contribution in [2.75, 3.05) is 17.2 Å². The molecule has 0 bridgehead atoms. The second kappa shape index (κ2) is 7.14. The molecule has 0 unspecified atom stereocenters. The number of Topliss-reactive ketones (excluding diaryl/α,β-unsaturated/α-hetero) is 1. The van der Waals surface area contributed by atoms with Crippen molar-refractivity contribution in [3.05, 3.63) is 94.5 Å². The van der Waals surface area contributed by atoms with E-state index in [-0.39, 0.29) is 23.6 Å². The van der Waals surface area contributed by atoms with E-state index in [2.05, 4.69) is 15.5 Å². The molecule has 2 spiro atoms. The summed E-state index contributed by atoms with van der Waals surface area (Å²) in [6.07, 6.45) is 1.63. The lowest BCUT2D eigenvalue weighted by Crippen LogP contribution is -2.62. The molecule has 0 radical (unpaired) electrons. The third-order valence-corrected chi connectivity index (χ3v) is 8.96. The minimum absolute atomic E-state index is 0.0791. The average Bonchev–Trinajstić information content (AvgIpc) is 3.59. The molecule has 6 nitrogen and oxygen atoms in total.